The Kier molecular flexibility index (Phi) is 3.02. The average molecular weight is 300 g/mol. The van der Waals surface area contributed by atoms with Crippen LogP contribution in [0.3, 0.4) is 0 Å². The maximum atomic E-state index is 12.8. The minimum absolute atomic E-state index is 0.114. The Balaban J connectivity index is 1.72. The number of rotatable bonds is 0. The SMILES string of the molecule is CC12CCC3C(=CCCC34CCC(=O)CC4=O)C1CCC2=O. The highest BCUT2D eigenvalue weighted by Gasteiger charge is 2.58. The Bertz CT molecular complexity index is 602. The Morgan fingerprint density at radius 3 is 2.55 bits per heavy atom. The molecule has 0 bridgehead atoms. The lowest BCUT2D eigenvalue weighted by molar-refractivity contribution is -0.142. The summed E-state index contributed by atoms with van der Waals surface area (Å²) in [7, 11) is 0. The minimum atomic E-state index is -0.287. The van der Waals surface area contributed by atoms with Crippen LogP contribution in [0.2, 0.25) is 0 Å². The summed E-state index contributed by atoms with van der Waals surface area (Å²) in [6.45, 7) is 2.14. The third-order valence-electron chi connectivity index (χ3n) is 7.22. The zero-order chi connectivity index (χ0) is 15.5. The Hall–Kier alpha value is -1.25. The van der Waals surface area contributed by atoms with E-state index in [0.717, 1.165) is 38.5 Å². The smallest absolute Gasteiger partial charge is 0.146 e. The third kappa shape index (κ3) is 1.71. The van der Waals surface area contributed by atoms with E-state index in [2.05, 4.69) is 13.0 Å². The van der Waals surface area contributed by atoms with Crippen LogP contribution in [0.15, 0.2) is 11.6 Å². The largest absolute Gasteiger partial charge is 0.299 e. The summed E-state index contributed by atoms with van der Waals surface area (Å²) in [5.41, 5.74) is 0.924. The standard InChI is InChI=1S/C19H24O3/c1-18-9-7-15-13(14(18)4-5-16(18)21)3-2-8-19(15)10-6-12(20)11-17(19)22/h3,14-15H,2,4-11H2,1H3. The van der Waals surface area contributed by atoms with Gasteiger partial charge in [-0.25, -0.2) is 0 Å². The van der Waals surface area contributed by atoms with E-state index < -0.39 is 0 Å². The van der Waals surface area contributed by atoms with Crippen molar-refractivity contribution in [2.75, 3.05) is 0 Å². The second-order valence-electron chi connectivity index (χ2n) is 8.06. The fourth-order valence-electron chi connectivity index (χ4n) is 5.90. The van der Waals surface area contributed by atoms with Gasteiger partial charge < -0.3 is 0 Å². The molecule has 4 aliphatic carbocycles. The Morgan fingerprint density at radius 1 is 0.955 bits per heavy atom. The van der Waals surface area contributed by atoms with Crippen molar-refractivity contribution in [1.29, 1.82) is 0 Å². The molecule has 0 aromatic carbocycles. The summed E-state index contributed by atoms with van der Waals surface area (Å²) in [5, 5.41) is 0. The van der Waals surface area contributed by atoms with Gasteiger partial charge in [0.05, 0.1) is 6.42 Å². The third-order valence-corrected chi connectivity index (χ3v) is 7.22. The summed E-state index contributed by atoms with van der Waals surface area (Å²) in [6.07, 6.45) is 9.15. The van der Waals surface area contributed by atoms with Gasteiger partial charge in [0.1, 0.15) is 17.3 Å². The van der Waals surface area contributed by atoms with Crippen LogP contribution >= 0.6 is 0 Å². The van der Waals surface area contributed by atoms with Crippen LogP contribution in [0.1, 0.15) is 64.7 Å². The summed E-state index contributed by atoms with van der Waals surface area (Å²) in [5.74, 6) is 1.37. The lowest BCUT2D eigenvalue weighted by Crippen LogP contribution is -2.50. The van der Waals surface area contributed by atoms with E-state index in [1.54, 1.807) is 0 Å². The molecule has 0 N–H and O–H groups in total. The van der Waals surface area contributed by atoms with E-state index in [9.17, 15) is 14.4 Å². The van der Waals surface area contributed by atoms with Gasteiger partial charge in [-0.1, -0.05) is 18.6 Å². The van der Waals surface area contributed by atoms with Crippen molar-refractivity contribution in [3.05, 3.63) is 11.6 Å². The Labute approximate surface area is 131 Å². The molecule has 0 radical (unpaired) electrons. The lowest BCUT2D eigenvalue weighted by atomic mass is 9.50. The zero-order valence-corrected chi connectivity index (χ0v) is 13.3. The monoisotopic (exact) mass is 300 g/mol. The highest BCUT2D eigenvalue weighted by molar-refractivity contribution is 6.04. The number of allylic oxidation sites excluding steroid dienone is 2. The minimum Gasteiger partial charge on any atom is -0.299 e. The number of carbonyl (C=O) groups excluding carboxylic acids is 3. The van der Waals surface area contributed by atoms with Gasteiger partial charge in [0.15, 0.2) is 0 Å². The number of carbonyl (C=O) groups is 3. The van der Waals surface area contributed by atoms with Gasteiger partial charge in [-0.15, -0.1) is 0 Å². The van der Waals surface area contributed by atoms with Gasteiger partial charge in [0.2, 0.25) is 0 Å². The first-order valence-electron chi connectivity index (χ1n) is 8.76. The fourth-order valence-corrected chi connectivity index (χ4v) is 5.90. The molecule has 4 rings (SSSR count). The molecule has 22 heavy (non-hydrogen) atoms. The summed E-state index contributed by atoms with van der Waals surface area (Å²) < 4.78 is 0. The molecular weight excluding hydrogens is 276 g/mol. The van der Waals surface area contributed by atoms with Crippen LogP contribution < -0.4 is 0 Å². The molecule has 0 aromatic heterocycles. The number of hydrogen-bond acceptors (Lipinski definition) is 3. The number of ketones is 3. The zero-order valence-electron chi connectivity index (χ0n) is 13.3. The molecule has 3 saturated carbocycles. The van der Waals surface area contributed by atoms with E-state index in [0.29, 0.717) is 30.5 Å². The molecule has 1 spiro atoms. The van der Waals surface area contributed by atoms with Crippen molar-refractivity contribution < 1.29 is 14.4 Å². The maximum absolute atomic E-state index is 12.8. The van der Waals surface area contributed by atoms with Crippen LogP contribution in [0.25, 0.3) is 0 Å². The average Bonchev–Trinajstić information content (AvgIpc) is 2.80. The molecule has 0 aromatic rings. The van der Waals surface area contributed by atoms with Crippen LogP contribution in [-0.2, 0) is 14.4 Å². The van der Waals surface area contributed by atoms with Crippen LogP contribution in [0.5, 0.6) is 0 Å². The molecule has 0 heterocycles. The molecule has 3 nitrogen and oxygen atoms in total. The first kappa shape index (κ1) is 14.3. The van der Waals surface area contributed by atoms with Gasteiger partial charge in [0, 0.05) is 23.7 Å². The van der Waals surface area contributed by atoms with Gasteiger partial charge in [-0.2, -0.15) is 0 Å². The van der Waals surface area contributed by atoms with Gasteiger partial charge in [-0.05, 0) is 50.4 Å². The van der Waals surface area contributed by atoms with E-state index in [1.807, 2.05) is 0 Å². The predicted octanol–water partition coefficient (Wildman–Crippen LogP) is 3.41. The van der Waals surface area contributed by atoms with Gasteiger partial charge in [0.25, 0.3) is 0 Å². The van der Waals surface area contributed by atoms with Crippen molar-refractivity contribution in [2.45, 2.75) is 64.7 Å². The predicted molar refractivity (Wildman–Crippen MR) is 82.2 cm³/mol. The molecule has 3 fully saturated rings. The lowest BCUT2D eigenvalue weighted by Gasteiger charge is -2.52. The molecule has 0 aliphatic heterocycles. The van der Waals surface area contributed by atoms with Crippen molar-refractivity contribution in [3.63, 3.8) is 0 Å². The van der Waals surface area contributed by atoms with Crippen molar-refractivity contribution in [3.8, 4) is 0 Å². The van der Waals surface area contributed by atoms with Crippen molar-refractivity contribution >= 4 is 17.3 Å². The second-order valence-corrected chi connectivity index (χ2v) is 8.06. The highest BCUT2D eigenvalue weighted by Crippen LogP contribution is 2.61. The molecule has 118 valence electrons. The number of hydrogen-bond donors (Lipinski definition) is 0. The topological polar surface area (TPSA) is 51.2 Å². The second kappa shape index (κ2) is 4.62. The van der Waals surface area contributed by atoms with E-state index >= 15 is 0 Å². The van der Waals surface area contributed by atoms with E-state index in [-0.39, 0.29) is 28.8 Å². The maximum Gasteiger partial charge on any atom is 0.146 e. The van der Waals surface area contributed by atoms with Crippen molar-refractivity contribution in [1.82, 2.24) is 0 Å². The fraction of sp³-hybridized carbons (Fsp3) is 0.737. The first-order valence-corrected chi connectivity index (χ1v) is 8.76. The molecule has 4 atom stereocenters. The van der Waals surface area contributed by atoms with Crippen molar-refractivity contribution in [2.24, 2.45) is 22.7 Å². The normalized spacial score (nSPS) is 44.8. The van der Waals surface area contributed by atoms with E-state index in [1.165, 1.54) is 5.57 Å². The molecule has 3 heteroatoms. The van der Waals surface area contributed by atoms with Gasteiger partial charge in [-0.3, -0.25) is 14.4 Å². The van der Waals surface area contributed by atoms with Crippen LogP contribution in [0.4, 0.5) is 0 Å². The Morgan fingerprint density at radius 2 is 1.77 bits per heavy atom. The molecular formula is C19H24O3. The first-order chi connectivity index (χ1) is 10.5. The molecule has 4 unspecified atom stereocenters. The van der Waals surface area contributed by atoms with Crippen LogP contribution in [-0.4, -0.2) is 17.3 Å². The van der Waals surface area contributed by atoms with E-state index in [4.69, 9.17) is 0 Å². The number of Topliss-reactive ketones (excluding diaryl/α,β-unsaturated/α-hetero) is 3. The summed E-state index contributed by atoms with van der Waals surface area (Å²) in [6, 6.07) is 0. The molecule has 4 aliphatic rings. The highest BCUT2D eigenvalue weighted by atomic mass is 16.2. The van der Waals surface area contributed by atoms with Gasteiger partial charge >= 0.3 is 0 Å². The van der Waals surface area contributed by atoms with Crippen LogP contribution in [0, 0.1) is 22.7 Å². The summed E-state index contributed by atoms with van der Waals surface area (Å²) in [4.78, 5) is 36.8. The molecule has 0 saturated heterocycles. The molecule has 0 amide bonds. The quantitative estimate of drug-likeness (QED) is 0.509. The summed E-state index contributed by atoms with van der Waals surface area (Å²) >= 11 is 0. The number of fused-ring (bicyclic) bond motifs is 4.